The number of para-hydroxylation sites is 1. The Bertz CT molecular complexity index is 797. The number of benzene rings is 1. The summed E-state index contributed by atoms with van der Waals surface area (Å²) in [7, 11) is -0.0140. The van der Waals surface area contributed by atoms with E-state index >= 15 is 0 Å². The maximum Gasteiger partial charge on any atom is 0.241 e. The van der Waals surface area contributed by atoms with Crippen LogP contribution in [0.5, 0.6) is 0 Å². The van der Waals surface area contributed by atoms with Crippen LogP contribution < -0.4 is 4.90 Å². The lowest BCUT2D eigenvalue weighted by Gasteiger charge is -2.26. The quantitative estimate of drug-likeness (QED) is 0.721. The topological polar surface area (TPSA) is 60.9 Å². The van der Waals surface area contributed by atoms with Gasteiger partial charge in [0.25, 0.3) is 0 Å². The van der Waals surface area contributed by atoms with Crippen LogP contribution in [0.1, 0.15) is 0 Å². The van der Waals surface area contributed by atoms with Crippen LogP contribution in [0, 0.1) is 5.82 Å². The summed E-state index contributed by atoms with van der Waals surface area (Å²) in [6, 6.07) is 5.20. The van der Waals surface area contributed by atoms with Gasteiger partial charge in [-0.2, -0.15) is 0 Å². The number of halogens is 1. The molecule has 2 saturated heterocycles. The van der Waals surface area contributed by atoms with Crippen molar-refractivity contribution in [1.82, 2.24) is 9.80 Å². The van der Waals surface area contributed by atoms with Crippen LogP contribution in [-0.2, 0) is 14.6 Å². The van der Waals surface area contributed by atoms with Gasteiger partial charge in [0.1, 0.15) is 5.82 Å². The average molecular weight is 371 g/mol. The van der Waals surface area contributed by atoms with E-state index in [0.29, 0.717) is 5.11 Å². The van der Waals surface area contributed by atoms with Crippen molar-refractivity contribution in [3.8, 4) is 0 Å². The van der Waals surface area contributed by atoms with Crippen LogP contribution in [0.25, 0.3) is 0 Å². The summed E-state index contributed by atoms with van der Waals surface area (Å²) in [5.41, 5.74) is 0.245. The summed E-state index contributed by atoms with van der Waals surface area (Å²) in [6.07, 6.45) is 0. The SMILES string of the molecule is CN(C)C(=O)CN1C(=S)N(c2ccccc2F)[C@@H]2CS(=O)(=O)C[C@H]21. The Morgan fingerprint density at radius 2 is 1.92 bits per heavy atom. The highest BCUT2D eigenvalue weighted by molar-refractivity contribution is 7.91. The third-order valence-corrected chi connectivity index (χ3v) is 6.52. The molecule has 0 N–H and O–H groups in total. The van der Waals surface area contributed by atoms with E-state index in [1.165, 1.54) is 11.0 Å². The molecule has 0 bridgehead atoms. The second-order valence-corrected chi connectivity index (χ2v) is 8.75. The Labute approximate surface area is 145 Å². The third kappa shape index (κ3) is 2.86. The van der Waals surface area contributed by atoms with E-state index in [4.69, 9.17) is 12.2 Å². The predicted molar refractivity (Wildman–Crippen MR) is 93.1 cm³/mol. The summed E-state index contributed by atoms with van der Waals surface area (Å²) >= 11 is 5.46. The lowest BCUT2D eigenvalue weighted by molar-refractivity contribution is -0.129. The molecular formula is C15H18FN3O3S2. The summed E-state index contributed by atoms with van der Waals surface area (Å²) in [5, 5.41) is 0.292. The molecule has 2 aliphatic rings. The number of amides is 1. The molecule has 0 saturated carbocycles. The predicted octanol–water partition coefficient (Wildman–Crippen LogP) is 0.486. The zero-order valence-corrected chi connectivity index (χ0v) is 15.0. The largest absolute Gasteiger partial charge is 0.347 e. The Morgan fingerprint density at radius 3 is 2.54 bits per heavy atom. The van der Waals surface area contributed by atoms with Gasteiger partial charge in [0.15, 0.2) is 14.9 Å². The van der Waals surface area contributed by atoms with E-state index in [9.17, 15) is 17.6 Å². The number of fused-ring (bicyclic) bond motifs is 1. The Balaban J connectivity index is 2.00. The number of nitrogens with zero attached hydrogens (tertiary/aromatic N) is 3. The van der Waals surface area contributed by atoms with Gasteiger partial charge < -0.3 is 14.7 Å². The zero-order chi connectivity index (χ0) is 17.6. The summed E-state index contributed by atoms with van der Waals surface area (Å²) in [4.78, 5) is 16.7. The molecule has 2 fully saturated rings. The highest BCUT2D eigenvalue weighted by Gasteiger charge is 2.52. The van der Waals surface area contributed by atoms with Gasteiger partial charge in [0.2, 0.25) is 5.91 Å². The molecule has 1 aromatic carbocycles. The molecule has 2 atom stereocenters. The Morgan fingerprint density at radius 1 is 1.29 bits per heavy atom. The van der Waals surface area contributed by atoms with Gasteiger partial charge in [-0.25, -0.2) is 12.8 Å². The maximum absolute atomic E-state index is 14.2. The molecule has 0 aliphatic carbocycles. The van der Waals surface area contributed by atoms with Crippen molar-refractivity contribution in [3.63, 3.8) is 0 Å². The van der Waals surface area contributed by atoms with Crippen molar-refractivity contribution in [2.45, 2.75) is 12.1 Å². The molecule has 2 heterocycles. The normalized spacial score (nSPS) is 25.0. The first-order valence-electron chi connectivity index (χ1n) is 7.46. The van der Waals surface area contributed by atoms with Crippen LogP contribution in [0.3, 0.4) is 0 Å². The molecule has 1 amide bonds. The average Bonchev–Trinajstić information content (AvgIpc) is 2.92. The fourth-order valence-corrected chi connectivity index (χ4v) is 5.56. The summed E-state index contributed by atoms with van der Waals surface area (Å²) < 4.78 is 38.4. The summed E-state index contributed by atoms with van der Waals surface area (Å²) in [5.74, 6) is -0.832. The van der Waals surface area contributed by atoms with Gasteiger partial charge in [-0.15, -0.1) is 0 Å². The minimum absolute atomic E-state index is 0.0204. The van der Waals surface area contributed by atoms with Crippen LogP contribution in [0.15, 0.2) is 24.3 Å². The van der Waals surface area contributed by atoms with Crippen molar-refractivity contribution < 1.29 is 17.6 Å². The van der Waals surface area contributed by atoms with E-state index < -0.39 is 27.7 Å². The zero-order valence-electron chi connectivity index (χ0n) is 13.3. The molecule has 9 heteroatoms. The van der Waals surface area contributed by atoms with Crippen LogP contribution in [0.4, 0.5) is 10.1 Å². The van der Waals surface area contributed by atoms with Crippen LogP contribution in [-0.4, -0.2) is 73.5 Å². The van der Waals surface area contributed by atoms with Gasteiger partial charge in [-0.1, -0.05) is 12.1 Å². The van der Waals surface area contributed by atoms with Crippen LogP contribution >= 0.6 is 12.2 Å². The maximum atomic E-state index is 14.2. The molecule has 0 spiro atoms. The number of hydrogen-bond donors (Lipinski definition) is 0. The molecule has 0 aromatic heterocycles. The molecule has 3 rings (SSSR count). The van der Waals surface area contributed by atoms with Crippen molar-refractivity contribution >= 4 is 38.8 Å². The highest BCUT2D eigenvalue weighted by atomic mass is 32.2. The number of rotatable bonds is 3. The molecule has 24 heavy (non-hydrogen) atoms. The van der Waals surface area contributed by atoms with E-state index in [2.05, 4.69) is 0 Å². The number of anilines is 1. The van der Waals surface area contributed by atoms with Crippen molar-refractivity contribution in [3.05, 3.63) is 30.1 Å². The van der Waals surface area contributed by atoms with Gasteiger partial charge in [-0.05, 0) is 24.4 Å². The number of thiocarbonyl (C=S) groups is 1. The first-order valence-corrected chi connectivity index (χ1v) is 9.69. The minimum Gasteiger partial charge on any atom is -0.347 e. The smallest absolute Gasteiger partial charge is 0.241 e. The molecule has 2 aliphatic heterocycles. The van der Waals surface area contributed by atoms with Crippen molar-refractivity contribution in [2.24, 2.45) is 0 Å². The van der Waals surface area contributed by atoms with E-state index in [0.717, 1.165) is 0 Å². The fraction of sp³-hybridized carbons (Fsp3) is 0.467. The van der Waals surface area contributed by atoms with E-state index in [-0.39, 0.29) is 29.6 Å². The van der Waals surface area contributed by atoms with Gasteiger partial charge in [0.05, 0.1) is 35.8 Å². The molecule has 0 radical (unpaired) electrons. The van der Waals surface area contributed by atoms with Gasteiger partial charge in [0, 0.05) is 14.1 Å². The lowest BCUT2D eigenvalue weighted by atomic mass is 10.1. The standard InChI is InChI=1S/C15H18FN3O3S2/c1-17(2)14(20)7-18-12-8-24(21,22)9-13(12)19(15(18)23)11-6-4-3-5-10(11)16/h3-6,12-13H,7-9H2,1-2H3/t12-,13-/m1/s1. The van der Waals surface area contributed by atoms with Crippen LogP contribution in [0.2, 0.25) is 0 Å². The minimum atomic E-state index is -3.26. The van der Waals surface area contributed by atoms with Crippen molar-refractivity contribution in [1.29, 1.82) is 0 Å². The van der Waals surface area contributed by atoms with Gasteiger partial charge in [-0.3, -0.25) is 4.79 Å². The lowest BCUT2D eigenvalue weighted by Crippen LogP contribution is -2.44. The van der Waals surface area contributed by atoms with Gasteiger partial charge >= 0.3 is 0 Å². The fourth-order valence-electron chi connectivity index (χ4n) is 3.18. The second-order valence-electron chi connectivity index (χ2n) is 6.23. The first kappa shape index (κ1) is 17.1. The number of likely N-dealkylation sites (N-methyl/N-ethyl adjacent to an activating group) is 1. The van der Waals surface area contributed by atoms with Crippen molar-refractivity contribution in [2.75, 3.05) is 37.0 Å². The Kier molecular flexibility index (Phi) is 4.25. The number of hydrogen-bond acceptors (Lipinski definition) is 4. The molecule has 130 valence electrons. The number of sulfone groups is 1. The molecule has 0 unspecified atom stereocenters. The summed E-state index contributed by atoms with van der Waals surface area (Å²) in [6.45, 7) is -0.0204. The molecular weight excluding hydrogens is 353 g/mol. The monoisotopic (exact) mass is 371 g/mol. The first-order chi connectivity index (χ1) is 11.2. The van der Waals surface area contributed by atoms with E-state index in [1.54, 1.807) is 42.1 Å². The molecule has 6 nitrogen and oxygen atoms in total. The number of carbonyl (C=O) groups excluding carboxylic acids is 1. The molecule has 1 aromatic rings. The van der Waals surface area contributed by atoms with E-state index in [1.807, 2.05) is 0 Å². The third-order valence-electron chi connectivity index (χ3n) is 4.39. The number of carbonyl (C=O) groups is 1. The second kappa shape index (κ2) is 5.96. The Hall–Kier alpha value is -1.74. The highest BCUT2D eigenvalue weighted by Crippen LogP contribution is 2.36.